The van der Waals surface area contributed by atoms with Gasteiger partial charge in [-0.25, -0.2) is 0 Å². The van der Waals surface area contributed by atoms with Crippen molar-refractivity contribution in [2.24, 2.45) is 0 Å². The zero-order valence-electron chi connectivity index (χ0n) is 7.32. The summed E-state index contributed by atoms with van der Waals surface area (Å²) < 4.78 is 4.99. The molecule has 0 fully saturated rings. The predicted molar refractivity (Wildman–Crippen MR) is 49.3 cm³/mol. The highest BCUT2D eigenvalue weighted by atomic mass is 16.3. The number of nitrogens with zero attached hydrogens (tertiary/aromatic N) is 1. The minimum Gasteiger partial charge on any atom is -0.472 e. The highest BCUT2D eigenvalue weighted by Gasteiger charge is 2.05. The van der Waals surface area contributed by atoms with Gasteiger partial charge in [-0.3, -0.25) is 5.10 Å². The van der Waals surface area contributed by atoms with Crippen LogP contribution < -0.4 is 5.32 Å². The number of anilines is 1. The Labute approximate surface area is 76.0 Å². The van der Waals surface area contributed by atoms with Crippen LogP contribution in [0.5, 0.6) is 0 Å². The highest BCUT2D eigenvalue weighted by molar-refractivity contribution is 5.40. The molecule has 2 rings (SSSR count). The molecule has 0 saturated heterocycles. The van der Waals surface area contributed by atoms with Crippen LogP contribution in [-0.4, -0.2) is 10.2 Å². The Bertz CT molecular complexity index is 339. The van der Waals surface area contributed by atoms with Crippen LogP contribution in [0, 0.1) is 0 Å². The fourth-order valence-corrected chi connectivity index (χ4v) is 1.18. The van der Waals surface area contributed by atoms with Crippen molar-refractivity contribution in [1.29, 1.82) is 0 Å². The molecular formula is C9H11N3O. The summed E-state index contributed by atoms with van der Waals surface area (Å²) in [5.74, 6) is 0. The van der Waals surface area contributed by atoms with Gasteiger partial charge in [0.25, 0.3) is 0 Å². The van der Waals surface area contributed by atoms with Crippen LogP contribution in [0.15, 0.2) is 35.4 Å². The summed E-state index contributed by atoms with van der Waals surface area (Å²) in [5.41, 5.74) is 2.11. The van der Waals surface area contributed by atoms with E-state index in [4.69, 9.17) is 4.42 Å². The van der Waals surface area contributed by atoms with E-state index in [0.717, 1.165) is 11.3 Å². The fourth-order valence-electron chi connectivity index (χ4n) is 1.18. The van der Waals surface area contributed by atoms with Gasteiger partial charge in [0.15, 0.2) is 0 Å². The lowest BCUT2D eigenvalue weighted by Gasteiger charge is -2.10. The lowest BCUT2D eigenvalue weighted by Crippen LogP contribution is -2.04. The lowest BCUT2D eigenvalue weighted by atomic mass is 10.2. The quantitative estimate of drug-likeness (QED) is 0.755. The van der Waals surface area contributed by atoms with E-state index in [1.807, 2.05) is 12.3 Å². The van der Waals surface area contributed by atoms with Crippen molar-refractivity contribution in [3.8, 4) is 0 Å². The Kier molecular flexibility index (Phi) is 2.04. The van der Waals surface area contributed by atoms with Crippen LogP contribution in [-0.2, 0) is 0 Å². The maximum Gasteiger partial charge on any atom is 0.0955 e. The van der Waals surface area contributed by atoms with E-state index in [1.165, 1.54) is 0 Å². The minimum atomic E-state index is 0.233. The Morgan fingerprint density at radius 1 is 1.62 bits per heavy atom. The maximum absolute atomic E-state index is 4.99. The molecule has 0 radical (unpaired) electrons. The Balaban J connectivity index is 2.04. The molecule has 2 N–H and O–H groups in total. The van der Waals surface area contributed by atoms with E-state index in [-0.39, 0.29) is 6.04 Å². The first-order valence-electron chi connectivity index (χ1n) is 4.13. The molecule has 0 amide bonds. The summed E-state index contributed by atoms with van der Waals surface area (Å²) in [6.45, 7) is 2.07. The molecule has 0 spiro atoms. The lowest BCUT2D eigenvalue weighted by molar-refractivity contribution is 0.562. The Hall–Kier alpha value is -1.71. The minimum absolute atomic E-state index is 0.233. The van der Waals surface area contributed by atoms with Crippen molar-refractivity contribution >= 4 is 5.69 Å². The van der Waals surface area contributed by atoms with Gasteiger partial charge in [-0.05, 0) is 13.0 Å². The summed E-state index contributed by atoms with van der Waals surface area (Å²) in [5, 5.41) is 9.86. The molecule has 2 aromatic heterocycles. The first-order chi connectivity index (χ1) is 6.36. The molecule has 0 aliphatic rings. The number of nitrogens with one attached hydrogen (secondary N) is 2. The normalized spacial score (nSPS) is 12.7. The van der Waals surface area contributed by atoms with E-state index in [9.17, 15) is 0 Å². The molecule has 2 heterocycles. The molecule has 0 aliphatic carbocycles. The number of H-pyrrole nitrogens is 1. The number of furan rings is 1. The van der Waals surface area contributed by atoms with Crippen LogP contribution in [0.25, 0.3) is 0 Å². The van der Waals surface area contributed by atoms with Gasteiger partial charge in [0.2, 0.25) is 0 Å². The molecular weight excluding hydrogens is 166 g/mol. The average Bonchev–Trinajstić information content (AvgIpc) is 2.74. The SMILES string of the molecule is CC(Nc1cn[nH]c1)c1ccoc1. The van der Waals surface area contributed by atoms with E-state index >= 15 is 0 Å². The van der Waals surface area contributed by atoms with E-state index in [1.54, 1.807) is 18.7 Å². The van der Waals surface area contributed by atoms with Crippen molar-refractivity contribution in [2.45, 2.75) is 13.0 Å². The number of aromatic amines is 1. The Morgan fingerprint density at radius 3 is 3.15 bits per heavy atom. The van der Waals surface area contributed by atoms with E-state index in [0.29, 0.717) is 0 Å². The molecule has 1 atom stereocenters. The van der Waals surface area contributed by atoms with Crippen molar-refractivity contribution < 1.29 is 4.42 Å². The summed E-state index contributed by atoms with van der Waals surface area (Å²) in [6, 6.07) is 2.17. The molecule has 4 heteroatoms. The topological polar surface area (TPSA) is 53.9 Å². The van der Waals surface area contributed by atoms with E-state index < -0.39 is 0 Å². The van der Waals surface area contributed by atoms with Gasteiger partial charge in [-0.1, -0.05) is 0 Å². The molecule has 1 unspecified atom stereocenters. The van der Waals surface area contributed by atoms with Gasteiger partial charge < -0.3 is 9.73 Å². The smallest absolute Gasteiger partial charge is 0.0955 e. The van der Waals surface area contributed by atoms with Gasteiger partial charge in [-0.15, -0.1) is 0 Å². The third kappa shape index (κ3) is 1.72. The second-order valence-electron chi connectivity index (χ2n) is 2.91. The highest BCUT2D eigenvalue weighted by Crippen LogP contribution is 2.17. The first-order valence-corrected chi connectivity index (χ1v) is 4.13. The Morgan fingerprint density at radius 2 is 2.54 bits per heavy atom. The van der Waals surface area contributed by atoms with Gasteiger partial charge in [0, 0.05) is 11.8 Å². The molecule has 0 aromatic carbocycles. The number of aromatic nitrogens is 2. The predicted octanol–water partition coefficient (Wildman–Crippen LogP) is 2.18. The van der Waals surface area contributed by atoms with Crippen molar-refractivity contribution in [3.05, 3.63) is 36.5 Å². The second-order valence-corrected chi connectivity index (χ2v) is 2.91. The maximum atomic E-state index is 4.99. The van der Waals surface area contributed by atoms with Crippen LogP contribution in [0.1, 0.15) is 18.5 Å². The van der Waals surface area contributed by atoms with Crippen molar-refractivity contribution in [3.63, 3.8) is 0 Å². The molecule has 0 saturated carbocycles. The molecule has 13 heavy (non-hydrogen) atoms. The second kappa shape index (κ2) is 3.35. The third-order valence-corrected chi connectivity index (χ3v) is 1.92. The fraction of sp³-hybridized carbons (Fsp3) is 0.222. The average molecular weight is 177 g/mol. The molecule has 68 valence electrons. The van der Waals surface area contributed by atoms with Gasteiger partial charge in [-0.2, -0.15) is 5.10 Å². The number of hydrogen-bond acceptors (Lipinski definition) is 3. The van der Waals surface area contributed by atoms with Crippen LogP contribution in [0.4, 0.5) is 5.69 Å². The largest absolute Gasteiger partial charge is 0.472 e. The van der Waals surface area contributed by atoms with Crippen LogP contribution in [0.2, 0.25) is 0 Å². The summed E-state index contributed by atoms with van der Waals surface area (Å²) in [4.78, 5) is 0. The first kappa shape index (κ1) is 7.91. The van der Waals surface area contributed by atoms with E-state index in [2.05, 4.69) is 22.4 Å². The zero-order chi connectivity index (χ0) is 9.10. The molecule has 0 bridgehead atoms. The monoisotopic (exact) mass is 177 g/mol. The summed E-state index contributed by atoms with van der Waals surface area (Å²) >= 11 is 0. The van der Waals surface area contributed by atoms with Crippen LogP contribution in [0.3, 0.4) is 0 Å². The third-order valence-electron chi connectivity index (χ3n) is 1.92. The van der Waals surface area contributed by atoms with Gasteiger partial charge in [0.05, 0.1) is 30.5 Å². The summed E-state index contributed by atoms with van der Waals surface area (Å²) in [6.07, 6.45) is 6.97. The van der Waals surface area contributed by atoms with Gasteiger partial charge >= 0.3 is 0 Å². The summed E-state index contributed by atoms with van der Waals surface area (Å²) in [7, 11) is 0. The van der Waals surface area contributed by atoms with Crippen molar-refractivity contribution in [1.82, 2.24) is 10.2 Å². The molecule has 2 aromatic rings. The molecule has 0 aliphatic heterocycles. The van der Waals surface area contributed by atoms with Crippen LogP contribution >= 0.6 is 0 Å². The standard InChI is InChI=1S/C9H11N3O/c1-7(8-2-3-13-6-8)12-9-4-10-11-5-9/h2-7,12H,1H3,(H,10,11). The van der Waals surface area contributed by atoms with Gasteiger partial charge in [0.1, 0.15) is 0 Å². The van der Waals surface area contributed by atoms with Crippen molar-refractivity contribution in [2.75, 3.05) is 5.32 Å². The molecule has 4 nitrogen and oxygen atoms in total. The zero-order valence-corrected chi connectivity index (χ0v) is 7.32. The number of rotatable bonds is 3. The number of hydrogen-bond donors (Lipinski definition) is 2.